The summed E-state index contributed by atoms with van der Waals surface area (Å²) in [6.07, 6.45) is 1.08. The molecular weight excluding hydrogens is 245 g/mol. The molecule has 94 valence electrons. The first-order valence-electron chi connectivity index (χ1n) is 6.35. The number of nitrogens with one attached hydrogen (secondary N) is 1. The van der Waals surface area contributed by atoms with Gasteiger partial charge >= 0.3 is 0 Å². The van der Waals surface area contributed by atoms with Gasteiger partial charge in [0.1, 0.15) is 5.82 Å². The summed E-state index contributed by atoms with van der Waals surface area (Å²) in [5, 5.41) is 5.50. The number of benzene rings is 1. The third-order valence-corrected chi connectivity index (χ3v) is 4.70. The predicted molar refractivity (Wildman–Crippen MR) is 73.7 cm³/mol. The third-order valence-electron chi connectivity index (χ3n) is 3.70. The van der Waals surface area contributed by atoms with Gasteiger partial charge in [0.15, 0.2) is 0 Å². The van der Waals surface area contributed by atoms with E-state index in [4.69, 9.17) is 0 Å². The van der Waals surface area contributed by atoms with E-state index in [1.54, 1.807) is 23.5 Å². The summed E-state index contributed by atoms with van der Waals surface area (Å²) in [4.78, 5) is 1.38. The Kier molecular flexibility index (Phi) is 3.43. The Hall–Kier alpha value is -1.19. The molecular formula is C15H16FNS. The van der Waals surface area contributed by atoms with E-state index in [-0.39, 0.29) is 11.7 Å². The summed E-state index contributed by atoms with van der Waals surface area (Å²) >= 11 is 1.78. The van der Waals surface area contributed by atoms with Gasteiger partial charge in [-0.05, 0) is 36.0 Å². The van der Waals surface area contributed by atoms with Crippen LogP contribution in [0.25, 0.3) is 0 Å². The van der Waals surface area contributed by atoms with Crippen LogP contribution in [0.2, 0.25) is 0 Å². The zero-order valence-electron chi connectivity index (χ0n) is 10.1. The minimum atomic E-state index is -0.0762. The molecule has 1 aromatic carbocycles. The van der Waals surface area contributed by atoms with Crippen molar-refractivity contribution in [2.45, 2.75) is 18.3 Å². The summed E-state index contributed by atoms with van der Waals surface area (Å²) < 4.78 is 14.0. The smallest absolute Gasteiger partial charge is 0.126 e. The van der Waals surface area contributed by atoms with Crippen LogP contribution in [0.15, 0.2) is 41.8 Å². The molecule has 2 heterocycles. The molecule has 3 heteroatoms. The second kappa shape index (κ2) is 5.21. The van der Waals surface area contributed by atoms with Crippen LogP contribution in [0.1, 0.15) is 28.7 Å². The molecule has 3 rings (SSSR count). The van der Waals surface area contributed by atoms with E-state index in [0.717, 1.165) is 25.1 Å². The average Bonchev–Trinajstić information content (AvgIpc) is 2.93. The molecule has 0 spiro atoms. The number of rotatable bonds is 2. The van der Waals surface area contributed by atoms with Crippen LogP contribution in [-0.2, 0) is 0 Å². The molecule has 0 amide bonds. The molecule has 1 N–H and O–H groups in total. The molecule has 18 heavy (non-hydrogen) atoms. The highest BCUT2D eigenvalue weighted by atomic mass is 32.1. The summed E-state index contributed by atoms with van der Waals surface area (Å²) in [5.41, 5.74) is 0.850. The molecule has 1 aliphatic rings. The highest BCUT2D eigenvalue weighted by Crippen LogP contribution is 2.39. The molecule has 1 nitrogen and oxygen atoms in total. The Balaban J connectivity index is 1.95. The van der Waals surface area contributed by atoms with Gasteiger partial charge in [0.2, 0.25) is 0 Å². The molecule has 2 aromatic rings. The summed E-state index contributed by atoms with van der Waals surface area (Å²) in [6.45, 7) is 1.89. The van der Waals surface area contributed by atoms with E-state index in [0.29, 0.717) is 5.92 Å². The molecule has 0 bridgehead atoms. The molecule has 0 saturated carbocycles. The fourth-order valence-electron chi connectivity index (χ4n) is 2.80. The van der Waals surface area contributed by atoms with Gasteiger partial charge in [0.25, 0.3) is 0 Å². The molecule has 2 unspecified atom stereocenters. The van der Waals surface area contributed by atoms with Gasteiger partial charge in [-0.3, -0.25) is 0 Å². The maximum Gasteiger partial charge on any atom is 0.126 e. The van der Waals surface area contributed by atoms with Crippen molar-refractivity contribution >= 4 is 11.3 Å². The van der Waals surface area contributed by atoms with Crippen molar-refractivity contribution in [2.24, 2.45) is 0 Å². The Morgan fingerprint density at radius 1 is 1.11 bits per heavy atom. The van der Waals surface area contributed by atoms with Crippen LogP contribution >= 0.6 is 11.3 Å². The van der Waals surface area contributed by atoms with Gasteiger partial charge in [-0.25, -0.2) is 4.39 Å². The van der Waals surface area contributed by atoms with Gasteiger partial charge in [0, 0.05) is 23.3 Å². The predicted octanol–water partition coefficient (Wildman–Crippen LogP) is 3.75. The van der Waals surface area contributed by atoms with Crippen molar-refractivity contribution < 1.29 is 4.39 Å². The Morgan fingerprint density at radius 2 is 2.00 bits per heavy atom. The second-order valence-corrected chi connectivity index (χ2v) is 5.72. The molecule has 0 aliphatic carbocycles. The van der Waals surface area contributed by atoms with Crippen molar-refractivity contribution in [3.8, 4) is 0 Å². The molecule has 2 atom stereocenters. The van der Waals surface area contributed by atoms with Crippen LogP contribution in [-0.4, -0.2) is 13.1 Å². The number of hydrogen-bond donors (Lipinski definition) is 1. The van der Waals surface area contributed by atoms with E-state index in [9.17, 15) is 4.39 Å². The second-order valence-electron chi connectivity index (χ2n) is 4.74. The number of halogens is 1. The first-order valence-corrected chi connectivity index (χ1v) is 7.23. The van der Waals surface area contributed by atoms with Crippen molar-refractivity contribution in [3.05, 3.63) is 58.0 Å². The van der Waals surface area contributed by atoms with Crippen LogP contribution < -0.4 is 5.32 Å². The first kappa shape index (κ1) is 11.9. The Bertz CT molecular complexity index is 509. The Morgan fingerprint density at radius 3 is 2.78 bits per heavy atom. The fourth-order valence-corrected chi connectivity index (χ4v) is 3.73. The van der Waals surface area contributed by atoms with Crippen LogP contribution in [0.5, 0.6) is 0 Å². The number of piperidine rings is 1. The molecule has 0 radical (unpaired) electrons. The van der Waals surface area contributed by atoms with Crippen molar-refractivity contribution in [1.29, 1.82) is 0 Å². The van der Waals surface area contributed by atoms with Gasteiger partial charge in [-0.15, -0.1) is 11.3 Å². The Labute approximate surface area is 111 Å². The zero-order valence-corrected chi connectivity index (χ0v) is 10.9. The van der Waals surface area contributed by atoms with E-state index in [2.05, 4.69) is 22.8 Å². The largest absolute Gasteiger partial charge is 0.316 e. The third kappa shape index (κ3) is 2.20. The van der Waals surface area contributed by atoms with Crippen molar-refractivity contribution in [1.82, 2.24) is 5.32 Å². The van der Waals surface area contributed by atoms with Crippen molar-refractivity contribution in [2.75, 3.05) is 13.1 Å². The van der Waals surface area contributed by atoms with Crippen LogP contribution in [0.3, 0.4) is 0 Å². The number of thiophene rings is 1. The lowest BCUT2D eigenvalue weighted by Gasteiger charge is -2.32. The highest BCUT2D eigenvalue weighted by molar-refractivity contribution is 7.10. The lowest BCUT2D eigenvalue weighted by Crippen LogP contribution is -2.34. The van der Waals surface area contributed by atoms with E-state index < -0.39 is 0 Å². The van der Waals surface area contributed by atoms with Crippen LogP contribution in [0.4, 0.5) is 4.39 Å². The van der Waals surface area contributed by atoms with E-state index >= 15 is 0 Å². The minimum Gasteiger partial charge on any atom is -0.316 e. The summed E-state index contributed by atoms with van der Waals surface area (Å²) in [7, 11) is 0. The first-order chi connectivity index (χ1) is 8.86. The zero-order chi connectivity index (χ0) is 12.4. The van der Waals surface area contributed by atoms with Crippen LogP contribution in [0, 0.1) is 5.82 Å². The van der Waals surface area contributed by atoms with E-state index in [1.165, 1.54) is 4.88 Å². The lowest BCUT2D eigenvalue weighted by molar-refractivity contribution is 0.397. The van der Waals surface area contributed by atoms with Gasteiger partial charge in [-0.1, -0.05) is 24.3 Å². The quantitative estimate of drug-likeness (QED) is 0.868. The minimum absolute atomic E-state index is 0.0762. The SMILES string of the molecule is Fc1ccccc1C1CNCCC1c1cccs1. The summed E-state index contributed by atoms with van der Waals surface area (Å²) in [6, 6.07) is 11.4. The van der Waals surface area contributed by atoms with Crippen molar-refractivity contribution in [3.63, 3.8) is 0 Å². The highest BCUT2D eigenvalue weighted by Gasteiger charge is 2.29. The number of hydrogen-bond acceptors (Lipinski definition) is 2. The standard InChI is InChI=1S/C15H16FNS/c16-14-5-2-1-4-11(14)13-10-17-8-7-12(13)15-6-3-9-18-15/h1-6,9,12-13,17H,7-8,10H2. The van der Waals surface area contributed by atoms with Gasteiger partial charge in [0.05, 0.1) is 0 Å². The maximum absolute atomic E-state index is 14.0. The normalized spacial score (nSPS) is 24.1. The molecule has 1 saturated heterocycles. The monoisotopic (exact) mass is 261 g/mol. The molecule has 1 fully saturated rings. The molecule has 1 aliphatic heterocycles. The van der Waals surface area contributed by atoms with E-state index in [1.807, 2.05) is 12.1 Å². The fraction of sp³-hybridized carbons (Fsp3) is 0.333. The maximum atomic E-state index is 14.0. The average molecular weight is 261 g/mol. The van der Waals surface area contributed by atoms with Gasteiger partial charge < -0.3 is 5.32 Å². The summed E-state index contributed by atoms with van der Waals surface area (Å²) in [5.74, 6) is 0.620. The van der Waals surface area contributed by atoms with Gasteiger partial charge in [-0.2, -0.15) is 0 Å². The topological polar surface area (TPSA) is 12.0 Å². The molecule has 1 aromatic heterocycles. The lowest BCUT2D eigenvalue weighted by atomic mass is 9.80.